The van der Waals surface area contributed by atoms with Crippen molar-refractivity contribution in [3.8, 4) is 0 Å². The molecule has 6 nitrogen and oxygen atoms in total. The van der Waals surface area contributed by atoms with Gasteiger partial charge in [0.1, 0.15) is 6.04 Å². The monoisotopic (exact) mass is 325 g/mol. The number of esters is 1. The number of hydrogen-bond donors (Lipinski definition) is 1. The highest BCUT2D eigenvalue weighted by atomic mass is 32.2. The fourth-order valence-corrected chi connectivity index (χ4v) is 3.19. The number of aromatic nitrogens is 1. The number of para-hydroxylation sites is 1. The molecule has 1 aromatic heterocycles. The van der Waals surface area contributed by atoms with Crippen LogP contribution >= 0.6 is 23.3 Å². The Labute approximate surface area is 130 Å². The van der Waals surface area contributed by atoms with Gasteiger partial charge in [0.25, 0.3) is 0 Å². The van der Waals surface area contributed by atoms with E-state index in [1.165, 1.54) is 18.4 Å². The third kappa shape index (κ3) is 3.51. The van der Waals surface area contributed by atoms with Crippen molar-refractivity contribution < 1.29 is 9.53 Å². The van der Waals surface area contributed by atoms with E-state index in [2.05, 4.69) is 14.9 Å². The van der Waals surface area contributed by atoms with Crippen LogP contribution in [0.15, 0.2) is 28.8 Å². The molecule has 2 rings (SSSR count). The highest BCUT2D eigenvalue weighted by Gasteiger charge is 2.38. The summed E-state index contributed by atoms with van der Waals surface area (Å²) in [6, 6.07) is 6.96. The van der Waals surface area contributed by atoms with Crippen molar-refractivity contribution in [1.82, 2.24) is 4.98 Å². The molecule has 1 N–H and O–H groups in total. The van der Waals surface area contributed by atoms with E-state index in [1.807, 2.05) is 24.3 Å². The number of anilines is 1. The van der Waals surface area contributed by atoms with Crippen LogP contribution in [0, 0.1) is 4.91 Å². The van der Waals surface area contributed by atoms with Gasteiger partial charge in [-0.25, -0.2) is 9.78 Å². The Bertz CT molecular complexity index is 624. The van der Waals surface area contributed by atoms with Crippen LogP contribution in [0.3, 0.4) is 0 Å². The Morgan fingerprint density at radius 1 is 1.48 bits per heavy atom. The van der Waals surface area contributed by atoms with Gasteiger partial charge in [-0.2, -0.15) is 0 Å². The third-order valence-corrected chi connectivity index (χ3v) is 4.71. The number of methoxy groups -OCH3 is 1. The molecule has 1 atom stereocenters. The minimum atomic E-state index is -0.757. The van der Waals surface area contributed by atoms with Gasteiger partial charge >= 0.3 is 5.97 Å². The number of nitrogens with one attached hydrogen (secondary N) is 1. The standard InChI is InChI=1S/C13H15N3O3S2/c1-13(2,21-16-18)10(11(17)19-3)15-12-14-8-6-4-5-7-9(8)20-12/h4-7,10H,1-3H3,(H,14,15). The van der Waals surface area contributed by atoms with Gasteiger partial charge in [-0.1, -0.05) is 23.5 Å². The molecule has 0 aliphatic carbocycles. The summed E-state index contributed by atoms with van der Waals surface area (Å²) in [7, 11) is 1.31. The van der Waals surface area contributed by atoms with Gasteiger partial charge < -0.3 is 10.1 Å². The Kier molecular flexibility index (Phi) is 4.79. The highest BCUT2D eigenvalue weighted by molar-refractivity contribution is 7.99. The molecular weight excluding hydrogens is 310 g/mol. The first kappa shape index (κ1) is 15.7. The first-order valence-electron chi connectivity index (χ1n) is 6.18. The van der Waals surface area contributed by atoms with Crippen molar-refractivity contribution in [3.63, 3.8) is 0 Å². The van der Waals surface area contributed by atoms with Gasteiger partial charge in [-0.15, -0.1) is 4.91 Å². The minimum absolute atomic E-state index is 0.463. The zero-order valence-electron chi connectivity index (χ0n) is 11.8. The maximum Gasteiger partial charge on any atom is 0.329 e. The molecule has 0 aliphatic heterocycles. The van der Waals surface area contributed by atoms with Crippen LogP contribution in [0.1, 0.15) is 13.8 Å². The third-order valence-electron chi connectivity index (χ3n) is 2.97. The van der Waals surface area contributed by atoms with Crippen molar-refractivity contribution in [1.29, 1.82) is 0 Å². The summed E-state index contributed by atoms with van der Waals surface area (Å²) in [5.41, 5.74) is 0.854. The van der Waals surface area contributed by atoms with Crippen LogP contribution in [-0.4, -0.2) is 28.9 Å². The van der Waals surface area contributed by atoms with Crippen molar-refractivity contribution >= 4 is 44.6 Å². The molecule has 0 spiro atoms. The van der Waals surface area contributed by atoms with Crippen molar-refractivity contribution in [2.45, 2.75) is 24.6 Å². The summed E-state index contributed by atoms with van der Waals surface area (Å²) in [5, 5.41) is 3.66. The zero-order chi connectivity index (χ0) is 15.5. The summed E-state index contributed by atoms with van der Waals surface area (Å²) in [4.78, 5) is 27.0. The predicted octanol–water partition coefficient (Wildman–Crippen LogP) is 3.44. The molecular formula is C13H15N3O3S2. The van der Waals surface area contributed by atoms with E-state index in [0.29, 0.717) is 5.13 Å². The van der Waals surface area contributed by atoms with Gasteiger partial charge in [0, 0.05) is 16.5 Å². The highest BCUT2D eigenvalue weighted by Crippen LogP contribution is 2.33. The number of carbonyl (C=O) groups excluding carboxylic acids is 1. The SMILES string of the molecule is COC(=O)C(Nc1nc2ccccc2s1)C(C)(C)SN=O. The number of fused-ring (bicyclic) bond motifs is 1. The van der Waals surface area contributed by atoms with Crippen LogP contribution in [0.2, 0.25) is 0 Å². The summed E-state index contributed by atoms with van der Waals surface area (Å²) < 4.78 is 7.90. The lowest BCUT2D eigenvalue weighted by molar-refractivity contribution is -0.142. The van der Waals surface area contributed by atoms with E-state index < -0.39 is 16.8 Å². The average Bonchev–Trinajstić information content (AvgIpc) is 2.86. The summed E-state index contributed by atoms with van der Waals surface area (Å²) in [6.45, 7) is 3.50. The number of nitrogens with zero attached hydrogens (tertiary/aromatic N) is 2. The summed E-state index contributed by atoms with van der Waals surface area (Å²) >= 11 is 2.23. The normalized spacial score (nSPS) is 12.9. The van der Waals surface area contributed by atoms with E-state index in [-0.39, 0.29) is 0 Å². The minimum Gasteiger partial charge on any atom is -0.467 e. The predicted molar refractivity (Wildman–Crippen MR) is 86.5 cm³/mol. The van der Waals surface area contributed by atoms with Crippen molar-refractivity contribution in [2.24, 2.45) is 4.58 Å². The molecule has 21 heavy (non-hydrogen) atoms. The second-order valence-corrected chi connectivity index (χ2v) is 7.27. The fourth-order valence-electron chi connectivity index (χ4n) is 1.84. The van der Waals surface area contributed by atoms with Gasteiger partial charge in [0.2, 0.25) is 0 Å². The molecule has 0 saturated heterocycles. The number of thiazole rings is 1. The smallest absolute Gasteiger partial charge is 0.329 e. The number of rotatable bonds is 6. The van der Waals surface area contributed by atoms with Gasteiger partial charge in [0.15, 0.2) is 5.13 Å². The second-order valence-electron chi connectivity index (χ2n) is 4.86. The first-order chi connectivity index (χ1) is 9.97. The Morgan fingerprint density at radius 3 is 2.81 bits per heavy atom. The lowest BCUT2D eigenvalue weighted by Gasteiger charge is -2.28. The number of carbonyl (C=O) groups is 1. The van der Waals surface area contributed by atoms with Crippen molar-refractivity contribution in [2.75, 3.05) is 12.4 Å². The molecule has 1 unspecified atom stereocenters. The van der Waals surface area contributed by atoms with E-state index in [1.54, 1.807) is 13.8 Å². The molecule has 2 aromatic rings. The fraction of sp³-hybridized carbons (Fsp3) is 0.385. The van der Waals surface area contributed by atoms with E-state index in [9.17, 15) is 9.70 Å². The molecule has 112 valence electrons. The lowest BCUT2D eigenvalue weighted by Crippen LogP contribution is -2.46. The molecule has 1 aromatic carbocycles. The number of ether oxygens (including phenoxy) is 1. The molecule has 8 heteroatoms. The van der Waals surface area contributed by atoms with Gasteiger partial charge in [-0.3, -0.25) is 0 Å². The van der Waals surface area contributed by atoms with Gasteiger partial charge in [0.05, 0.1) is 22.1 Å². The quantitative estimate of drug-likeness (QED) is 0.498. The second kappa shape index (κ2) is 6.40. The van der Waals surface area contributed by atoms with E-state index in [0.717, 1.165) is 22.2 Å². The zero-order valence-corrected chi connectivity index (χ0v) is 13.5. The Hall–Kier alpha value is -1.67. The molecule has 0 amide bonds. The van der Waals surface area contributed by atoms with Crippen molar-refractivity contribution in [3.05, 3.63) is 29.2 Å². The van der Waals surface area contributed by atoms with Crippen LogP contribution in [0.5, 0.6) is 0 Å². The first-order valence-corrected chi connectivity index (χ1v) is 7.77. The molecule has 0 saturated carbocycles. The molecule has 0 bridgehead atoms. The number of hydrogen-bond acceptors (Lipinski definition) is 8. The molecule has 0 aliphatic rings. The Morgan fingerprint density at radius 2 is 2.19 bits per heavy atom. The Balaban J connectivity index is 2.29. The molecule has 1 heterocycles. The van der Waals surface area contributed by atoms with Crippen LogP contribution < -0.4 is 5.32 Å². The topological polar surface area (TPSA) is 80.7 Å². The summed E-state index contributed by atoms with van der Waals surface area (Å²) in [5.74, 6) is -0.463. The van der Waals surface area contributed by atoms with E-state index in [4.69, 9.17) is 4.74 Å². The maximum absolute atomic E-state index is 12.0. The van der Waals surface area contributed by atoms with Crippen LogP contribution in [-0.2, 0) is 9.53 Å². The lowest BCUT2D eigenvalue weighted by atomic mass is 10.0. The van der Waals surface area contributed by atoms with Crippen LogP contribution in [0.4, 0.5) is 5.13 Å². The van der Waals surface area contributed by atoms with E-state index >= 15 is 0 Å². The summed E-state index contributed by atoms with van der Waals surface area (Å²) in [6.07, 6.45) is 0. The van der Waals surface area contributed by atoms with Gasteiger partial charge in [-0.05, 0) is 26.0 Å². The largest absolute Gasteiger partial charge is 0.467 e. The van der Waals surface area contributed by atoms with Crippen LogP contribution in [0.25, 0.3) is 10.2 Å². The maximum atomic E-state index is 12.0. The molecule has 0 radical (unpaired) electrons. The molecule has 0 fully saturated rings. The number of nitroso groups, excluding NO2 is 1. The average molecular weight is 325 g/mol. The number of benzene rings is 1.